The molecule has 0 atom stereocenters. The molecule has 21 heavy (non-hydrogen) atoms. The van der Waals surface area contributed by atoms with Crippen LogP contribution < -0.4 is 10.2 Å². The highest BCUT2D eigenvalue weighted by Gasteiger charge is 2.10. The molecule has 1 aromatic carbocycles. The Morgan fingerprint density at radius 1 is 1.29 bits per heavy atom. The highest BCUT2D eigenvalue weighted by Crippen LogP contribution is 2.16. The Morgan fingerprint density at radius 2 is 1.90 bits per heavy atom. The summed E-state index contributed by atoms with van der Waals surface area (Å²) < 4.78 is 5.09. The van der Waals surface area contributed by atoms with Gasteiger partial charge in [-0.2, -0.15) is 5.48 Å². The van der Waals surface area contributed by atoms with Gasteiger partial charge in [0.1, 0.15) is 5.75 Å². The topological polar surface area (TPSA) is 108 Å². The van der Waals surface area contributed by atoms with Crippen LogP contribution in [0, 0.1) is 16.0 Å². The number of nitrogens with one attached hydrogen (secondary N) is 1. The summed E-state index contributed by atoms with van der Waals surface area (Å²) in [6, 6.07) is 5.26. The fourth-order valence-electron chi connectivity index (χ4n) is 1.33. The Labute approximate surface area is 121 Å². The zero-order valence-electron chi connectivity index (χ0n) is 11.7. The second-order valence-electron chi connectivity index (χ2n) is 4.64. The first-order valence-electron chi connectivity index (χ1n) is 6.24. The second kappa shape index (κ2) is 7.83. The minimum atomic E-state index is -0.634. The predicted molar refractivity (Wildman–Crippen MR) is 72.3 cm³/mol. The largest absolute Gasteiger partial charge is 0.484 e. The van der Waals surface area contributed by atoms with Gasteiger partial charge in [-0.3, -0.25) is 14.9 Å². The Kier molecular flexibility index (Phi) is 6.12. The number of hydroxylamine groups is 1. The van der Waals surface area contributed by atoms with E-state index in [9.17, 15) is 19.7 Å². The van der Waals surface area contributed by atoms with E-state index >= 15 is 0 Å². The summed E-state index contributed by atoms with van der Waals surface area (Å²) in [4.78, 5) is 37.0. The monoisotopic (exact) mass is 296 g/mol. The predicted octanol–water partition coefficient (Wildman–Crippen LogP) is 1.59. The van der Waals surface area contributed by atoms with Crippen LogP contribution in [0.2, 0.25) is 0 Å². The van der Waals surface area contributed by atoms with Crippen molar-refractivity contribution in [3.8, 4) is 5.75 Å². The molecule has 0 saturated carbocycles. The maximum Gasteiger partial charge on any atom is 0.332 e. The molecule has 114 valence electrons. The van der Waals surface area contributed by atoms with Crippen LogP contribution in [0.15, 0.2) is 24.3 Å². The number of non-ortho nitro benzene ring substituents is 1. The van der Waals surface area contributed by atoms with Crippen molar-refractivity contribution >= 4 is 17.6 Å². The van der Waals surface area contributed by atoms with Gasteiger partial charge in [-0.05, 0) is 18.1 Å². The molecule has 1 N–H and O–H groups in total. The third kappa shape index (κ3) is 6.37. The smallest absolute Gasteiger partial charge is 0.332 e. The van der Waals surface area contributed by atoms with E-state index in [-0.39, 0.29) is 24.6 Å². The van der Waals surface area contributed by atoms with E-state index < -0.39 is 16.8 Å². The molecule has 0 unspecified atom stereocenters. The third-order valence-electron chi connectivity index (χ3n) is 2.27. The summed E-state index contributed by atoms with van der Waals surface area (Å²) in [6.45, 7) is 3.33. The summed E-state index contributed by atoms with van der Waals surface area (Å²) in [5.41, 5.74) is 1.89. The van der Waals surface area contributed by atoms with Gasteiger partial charge in [-0.15, -0.1) is 0 Å². The average molecular weight is 296 g/mol. The van der Waals surface area contributed by atoms with E-state index in [2.05, 4.69) is 4.84 Å². The van der Waals surface area contributed by atoms with Crippen molar-refractivity contribution in [3.63, 3.8) is 0 Å². The number of hydrogen-bond acceptors (Lipinski definition) is 6. The highest BCUT2D eigenvalue weighted by molar-refractivity contribution is 5.79. The van der Waals surface area contributed by atoms with Gasteiger partial charge in [0.15, 0.2) is 6.61 Å². The molecular formula is C13H16N2O6. The maximum atomic E-state index is 11.4. The normalized spacial score (nSPS) is 10.0. The molecule has 0 fully saturated rings. The average Bonchev–Trinajstić information content (AvgIpc) is 2.42. The highest BCUT2D eigenvalue weighted by atomic mass is 16.7. The standard InChI is InChI=1S/C13H16N2O6/c1-9(2)7-13(17)21-14-12(16)8-20-11-5-3-10(4-6-11)15(18)19/h3-6,9H,7-8H2,1-2H3,(H,14,16). The quantitative estimate of drug-likeness (QED) is 0.631. The van der Waals surface area contributed by atoms with E-state index in [0.29, 0.717) is 5.75 Å². The maximum absolute atomic E-state index is 11.4. The SMILES string of the molecule is CC(C)CC(=O)ONC(=O)COc1ccc([N+](=O)[O-])cc1. The molecule has 0 saturated heterocycles. The van der Waals surface area contributed by atoms with Gasteiger partial charge < -0.3 is 9.57 Å². The minimum Gasteiger partial charge on any atom is -0.484 e. The van der Waals surface area contributed by atoms with E-state index in [4.69, 9.17) is 4.74 Å². The Balaban J connectivity index is 2.32. The van der Waals surface area contributed by atoms with Crippen molar-refractivity contribution in [1.82, 2.24) is 5.48 Å². The van der Waals surface area contributed by atoms with Crippen molar-refractivity contribution < 1.29 is 24.1 Å². The van der Waals surface area contributed by atoms with Gasteiger partial charge in [0.2, 0.25) is 0 Å². The number of nitro groups is 1. The first-order chi connectivity index (χ1) is 9.88. The first-order valence-corrected chi connectivity index (χ1v) is 6.24. The van der Waals surface area contributed by atoms with Gasteiger partial charge >= 0.3 is 5.97 Å². The number of carbonyl (C=O) groups excluding carboxylic acids is 2. The van der Waals surface area contributed by atoms with E-state index in [1.807, 2.05) is 19.3 Å². The lowest BCUT2D eigenvalue weighted by atomic mass is 10.1. The number of carbonyl (C=O) groups is 2. The number of nitrogens with zero attached hydrogens (tertiary/aromatic N) is 1. The van der Waals surface area contributed by atoms with Crippen LogP contribution in [-0.2, 0) is 14.4 Å². The number of benzene rings is 1. The van der Waals surface area contributed by atoms with E-state index in [1.54, 1.807) is 0 Å². The van der Waals surface area contributed by atoms with Crippen molar-refractivity contribution in [2.24, 2.45) is 5.92 Å². The van der Waals surface area contributed by atoms with Crippen LogP contribution in [0.5, 0.6) is 5.75 Å². The Hall–Kier alpha value is -2.64. The third-order valence-corrected chi connectivity index (χ3v) is 2.27. The second-order valence-corrected chi connectivity index (χ2v) is 4.64. The van der Waals surface area contributed by atoms with Crippen LogP contribution in [0.25, 0.3) is 0 Å². The minimum absolute atomic E-state index is 0.0746. The molecule has 0 aliphatic heterocycles. The van der Waals surface area contributed by atoms with Crippen molar-refractivity contribution in [2.75, 3.05) is 6.61 Å². The number of rotatable bonds is 6. The number of amides is 1. The zero-order chi connectivity index (χ0) is 15.8. The van der Waals surface area contributed by atoms with E-state index in [0.717, 1.165) is 0 Å². The molecule has 0 aromatic heterocycles. The van der Waals surface area contributed by atoms with Gasteiger partial charge in [-0.1, -0.05) is 13.8 Å². The molecule has 0 spiro atoms. The molecule has 8 heteroatoms. The lowest BCUT2D eigenvalue weighted by molar-refractivity contribution is -0.384. The number of nitro benzene ring substituents is 1. The van der Waals surface area contributed by atoms with E-state index in [1.165, 1.54) is 24.3 Å². The zero-order valence-corrected chi connectivity index (χ0v) is 11.7. The lowest BCUT2D eigenvalue weighted by Gasteiger charge is -2.08. The summed E-state index contributed by atoms with van der Waals surface area (Å²) in [5, 5.41) is 10.5. The van der Waals surface area contributed by atoms with Crippen LogP contribution in [0.3, 0.4) is 0 Å². The first kappa shape index (κ1) is 16.4. The summed E-state index contributed by atoms with van der Waals surface area (Å²) >= 11 is 0. The molecule has 1 rings (SSSR count). The van der Waals surface area contributed by atoms with Crippen LogP contribution in [0.1, 0.15) is 20.3 Å². The molecule has 0 aliphatic carbocycles. The lowest BCUT2D eigenvalue weighted by Crippen LogP contribution is -2.31. The van der Waals surface area contributed by atoms with Crippen molar-refractivity contribution in [1.29, 1.82) is 0 Å². The van der Waals surface area contributed by atoms with Crippen molar-refractivity contribution in [3.05, 3.63) is 34.4 Å². The molecule has 0 bridgehead atoms. The molecular weight excluding hydrogens is 280 g/mol. The van der Waals surface area contributed by atoms with Gasteiger partial charge in [0.25, 0.3) is 11.6 Å². The fourth-order valence-corrected chi connectivity index (χ4v) is 1.33. The van der Waals surface area contributed by atoms with Gasteiger partial charge in [-0.25, -0.2) is 4.79 Å². The van der Waals surface area contributed by atoms with Gasteiger partial charge in [0.05, 0.1) is 11.3 Å². The van der Waals surface area contributed by atoms with Crippen molar-refractivity contribution in [2.45, 2.75) is 20.3 Å². The Bertz CT molecular complexity index is 512. The molecule has 0 aliphatic rings. The number of hydrogen-bond donors (Lipinski definition) is 1. The fraction of sp³-hybridized carbons (Fsp3) is 0.385. The molecule has 1 amide bonds. The molecule has 8 nitrogen and oxygen atoms in total. The summed E-state index contributed by atoms with van der Waals surface area (Å²) in [6.07, 6.45) is 0.198. The van der Waals surface area contributed by atoms with Gasteiger partial charge in [0, 0.05) is 12.1 Å². The van der Waals surface area contributed by atoms with Crippen LogP contribution in [-0.4, -0.2) is 23.4 Å². The molecule has 1 aromatic rings. The van der Waals surface area contributed by atoms with Crippen LogP contribution in [0.4, 0.5) is 5.69 Å². The van der Waals surface area contributed by atoms with Crippen LogP contribution >= 0.6 is 0 Å². The Morgan fingerprint density at radius 3 is 2.43 bits per heavy atom. The number of ether oxygens (including phenoxy) is 1. The summed E-state index contributed by atoms with van der Waals surface area (Å²) in [7, 11) is 0. The molecule has 0 heterocycles. The molecule has 0 radical (unpaired) electrons. The summed E-state index contributed by atoms with van der Waals surface area (Å²) in [5.74, 6) is -0.742.